The lowest BCUT2D eigenvalue weighted by Crippen LogP contribution is -2.22. The predicted molar refractivity (Wildman–Crippen MR) is 148 cm³/mol. The van der Waals surface area contributed by atoms with Gasteiger partial charge in [-0.05, 0) is 61.7 Å². The molecule has 9 heteroatoms. The number of nitrogens with zero attached hydrogens (tertiary/aromatic N) is 5. The number of rotatable bonds is 5. The van der Waals surface area contributed by atoms with Crippen molar-refractivity contribution in [2.75, 3.05) is 6.26 Å². The van der Waals surface area contributed by atoms with E-state index in [0.29, 0.717) is 44.1 Å². The lowest BCUT2D eigenvalue weighted by Gasteiger charge is -2.15. The van der Waals surface area contributed by atoms with E-state index in [9.17, 15) is 4.79 Å². The largest absolute Gasteiger partial charge is 0.425 e. The molecule has 3 aromatic heterocycles. The second kappa shape index (κ2) is 9.38. The van der Waals surface area contributed by atoms with Crippen LogP contribution in [0.3, 0.4) is 0 Å². The van der Waals surface area contributed by atoms with Crippen LogP contribution in [0.1, 0.15) is 5.69 Å². The third kappa shape index (κ3) is 4.04. The van der Waals surface area contributed by atoms with Crippen LogP contribution >= 0.6 is 23.4 Å². The van der Waals surface area contributed by atoms with Gasteiger partial charge in [-0.15, -0.1) is 11.8 Å². The zero-order chi connectivity index (χ0) is 25.5. The fourth-order valence-electron chi connectivity index (χ4n) is 4.30. The Hall–Kier alpha value is -4.14. The van der Waals surface area contributed by atoms with Crippen molar-refractivity contribution in [3.05, 3.63) is 106 Å². The van der Waals surface area contributed by atoms with Gasteiger partial charge in [-0.25, -0.2) is 14.2 Å². The number of benzene rings is 3. The first-order valence-electron chi connectivity index (χ1n) is 11.5. The number of hydrogen-bond acceptors (Lipinski definition) is 6. The number of fused-ring (bicyclic) bond motifs is 3. The van der Waals surface area contributed by atoms with Crippen LogP contribution in [-0.4, -0.2) is 30.6 Å². The van der Waals surface area contributed by atoms with E-state index in [1.807, 2.05) is 73.8 Å². The summed E-state index contributed by atoms with van der Waals surface area (Å²) < 4.78 is 9.46. The van der Waals surface area contributed by atoms with Crippen molar-refractivity contribution in [1.82, 2.24) is 24.3 Å². The van der Waals surface area contributed by atoms with Crippen LogP contribution in [0, 0.1) is 6.92 Å². The normalized spacial score (nSPS) is 11.3. The molecule has 3 aromatic carbocycles. The van der Waals surface area contributed by atoms with Gasteiger partial charge in [0.2, 0.25) is 0 Å². The van der Waals surface area contributed by atoms with Gasteiger partial charge in [-0.3, -0.25) is 4.79 Å². The highest BCUT2D eigenvalue weighted by Gasteiger charge is 2.24. The molecular formula is C28H20ClN5O2S. The molecular weight excluding hydrogens is 506 g/mol. The Balaban J connectivity index is 1.71. The summed E-state index contributed by atoms with van der Waals surface area (Å²) in [5, 5.41) is 7.24. The van der Waals surface area contributed by atoms with Gasteiger partial charge in [0.25, 0.3) is 5.56 Å². The molecule has 0 radical (unpaired) electrons. The van der Waals surface area contributed by atoms with Crippen LogP contribution in [0.15, 0.2) is 94.7 Å². The maximum absolute atomic E-state index is 14.1. The van der Waals surface area contributed by atoms with E-state index in [1.54, 1.807) is 28.9 Å². The highest BCUT2D eigenvalue weighted by Crippen LogP contribution is 2.34. The molecule has 0 fully saturated rings. The second-order valence-corrected chi connectivity index (χ2v) is 9.53. The lowest BCUT2D eigenvalue weighted by molar-refractivity contribution is 0.427. The van der Waals surface area contributed by atoms with Crippen LogP contribution in [0.2, 0.25) is 5.02 Å². The number of ether oxygens (including phenoxy) is 1. The van der Waals surface area contributed by atoms with Gasteiger partial charge in [0.1, 0.15) is 10.8 Å². The molecule has 0 saturated carbocycles. The monoisotopic (exact) mass is 525 g/mol. The fourth-order valence-corrected chi connectivity index (χ4v) is 4.98. The predicted octanol–water partition coefficient (Wildman–Crippen LogP) is 6.60. The van der Waals surface area contributed by atoms with Gasteiger partial charge >= 0.3 is 6.01 Å². The zero-order valence-electron chi connectivity index (χ0n) is 19.9. The van der Waals surface area contributed by atoms with Crippen molar-refractivity contribution in [3.8, 4) is 23.1 Å². The molecule has 37 heavy (non-hydrogen) atoms. The van der Waals surface area contributed by atoms with Crippen molar-refractivity contribution in [2.24, 2.45) is 0 Å². The standard InChI is InChI=1S/C28H20ClN5O2S/c1-17-22-24(23-25(30-17)34(32-26(23)37-2)20-11-7-4-8-12-20)31-28(36-21-15-13-18(29)14-16-21)33(27(22)35)19-9-5-3-6-10-19/h3-16H,1-2H3. The maximum atomic E-state index is 14.1. The van der Waals surface area contributed by atoms with Crippen molar-refractivity contribution < 1.29 is 4.74 Å². The van der Waals surface area contributed by atoms with Crippen LogP contribution in [0.25, 0.3) is 33.3 Å². The van der Waals surface area contributed by atoms with E-state index >= 15 is 0 Å². The topological polar surface area (TPSA) is 74.8 Å². The molecule has 0 N–H and O–H groups in total. The van der Waals surface area contributed by atoms with E-state index in [-0.39, 0.29) is 11.6 Å². The summed E-state index contributed by atoms with van der Waals surface area (Å²) in [6.07, 6.45) is 1.94. The average Bonchev–Trinajstić information content (AvgIpc) is 3.29. The Morgan fingerprint density at radius 1 is 0.838 bits per heavy atom. The summed E-state index contributed by atoms with van der Waals surface area (Å²) in [4.78, 5) is 23.9. The zero-order valence-corrected chi connectivity index (χ0v) is 21.5. The van der Waals surface area contributed by atoms with Crippen molar-refractivity contribution in [2.45, 2.75) is 11.9 Å². The molecule has 0 amide bonds. The van der Waals surface area contributed by atoms with Gasteiger partial charge in [-0.2, -0.15) is 10.1 Å². The van der Waals surface area contributed by atoms with E-state index < -0.39 is 0 Å². The van der Waals surface area contributed by atoms with E-state index in [4.69, 9.17) is 31.4 Å². The number of hydrogen-bond donors (Lipinski definition) is 0. The average molecular weight is 526 g/mol. The Labute approximate surface area is 221 Å². The van der Waals surface area contributed by atoms with Crippen LogP contribution in [-0.2, 0) is 0 Å². The fraction of sp³-hybridized carbons (Fsp3) is 0.0714. The first kappa shape index (κ1) is 23.3. The van der Waals surface area contributed by atoms with Gasteiger partial charge in [0.05, 0.1) is 33.4 Å². The third-order valence-electron chi connectivity index (χ3n) is 5.98. The number of para-hydroxylation sites is 2. The SMILES string of the molecule is CSc1nn(-c2ccccc2)c2nc(C)c3c(=O)n(-c4ccccc4)c(Oc4ccc(Cl)cc4)nc3c12. The Morgan fingerprint density at radius 3 is 2.14 bits per heavy atom. The lowest BCUT2D eigenvalue weighted by atomic mass is 10.2. The minimum Gasteiger partial charge on any atom is -0.425 e. The van der Waals surface area contributed by atoms with E-state index in [1.165, 1.54) is 16.3 Å². The third-order valence-corrected chi connectivity index (χ3v) is 6.91. The van der Waals surface area contributed by atoms with Crippen molar-refractivity contribution in [1.29, 1.82) is 0 Å². The summed E-state index contributed by atoms with van der Waals surface area (Å²) in [7, 11) is 0. The molecule has 3 heterocycles. The van der Waals surface area contributed by atoms with Crippen LogP contribution in [0.4, 0.5) is 0 Å². The summed E-state index contributed by atoms with van der Waals surface area (Å²) in [5.41, 5.74) is 2.92. The minimum absolute atomic E-state index is 0.137. The highest BCUT2D eigenvalue weighted by molar-refractivity contribution is 7.98. The summed E-state index contributed by atoms with van der Waals surface area (Å²) >= 11 is 7.55. The highest BCUT2D eigenvalue weighted by atomic mass is 35.5. The Morgan fingerprint density at radius 2 is 1.49 bits per heavy atom. The summed E-state index contributed by atoms with van der Waals surface area (Å²) in [5.74, 6) is 0.507. The second-order valence-electron chi connectivity index (χ2n) is 8.30. The van der Waals surface area contributed by atoms with Gasteiger partial charge in [0, 0.05) is 5.02 Å². The van der Waals surface area contributed by atoms with Crippen molar-refractivity contribution in [3.63, 3.8) is 0 Å². The summed E-state index contributed by atoms with van der Waals surface area (Å²) in [6.45, 7) is 1.82. The maximum Gasteiger partial charge on any atom is 0.310 e. The molecule has 7 nitrogen and oxygen atoms in total. The molecule has 0 atom stereocenters. The quantitative estimate of drug-likeness (QED) is 0.236. The number of pyridine rings is 1. The van der Waals surface area contributed by atoms with Gasteiger partial charge in [0.15, 0.2) is 5.65 Å². The van der Waals surface area contributed by atoms with E-state index in [2.05, 4.69) is 0 Å². The van der Waals surface area contributed by atoms with Crippen LogP contribution < -0.4 is 10.3 Å². The molecule has 0 aliphatic carbocycles. The first-order chi connectivity index (χ1) is 18.0. The van der Waals surface area contributed by atoms with Gasteiger partial charge in [-0.1, -0.05) is 48.0 Å². The molecule has 182 valence electrons. The number of aromatic nitrogens is 5. The van der Waals surface area contributed by atoms with E-state index in [0.717, 1.165) is 10.7 Å². The Kier molecular flexibility index (Phi) is 5.90. The first-order valence-corrected chi connectivity index (χ1v) is 13.1. The molecule has 0 aliphatic rings. The van der Waals surface area contributed by atoms with Crippen molar-refractivity contribution >= 4 is 45.3 Å². The van der Waals surface area contributed by atoms with Crippen LogP contribution in [0.5, 0.6) is 11.8 Å². The number of thioether (sulfide) groups is 1. The summed E-state index contributed by atoms with van der Waals surface area (Å²) in [6, 6.07) is 26.1. The molecule has 0 bridgehead atoms. The molecule has 0 unspecified atom stereocenters. The van der Waals surface area contributed by atoms with Gasteiger partial charge < -0.3 is 4.74 Å². The molecule has 0 aliphatic heterocycles. The molecule has 6 aromatic rings. The number of halogens is 1. The number of aryl methyl sites for hydroxylation is 1. The molecule has 6 rings (SSSR count). The minimum atomic E-state index is -0.272. The smallest absolute Gasteiger partial charge is 0.310 e. The molecule has 0 spiro atoms. The Bertz CT molecular complexity index is 1820. The molecule has 0 saturated heterocycles.